The summed E-state index contributed by atoms with van der Waals surface area (Å²) in [6.07, 6.45) is 0. The number of halogens is 1. The molecule has 0 heterocycles. The van der Waals surface area contributed by atoms with Gasteiger partial charge in [0.25, 0.3) is 0 Å². The molecule has 0 saturated heterocycles. The van der Waals surface area contributed by atoms with Gasteiger partial charge in [0.15, 0.2) is 0 Å². The van der Waals surface area contributed by atoms with Crippen molar-refractivity contribution in [3.8, 4) is 0 Å². The van der Waals surface area contributed by atoms with Crippen LogP contribution in [0, 0.1) is 5.41 Å². The molecule has 0 amide bonds. The van der Waals surface area contributed by atoms with Crippen molar-refractivity contribution in [2.75, 3.05) is 7.05 Å². The second-order valence-electron chi connectivity index (χ2n) is 3.43. The number of nitrogens with one attached hydrogen (secondary N) is 1. The smallest absolute Gasteiger partial charge is 0.238 e. The first-order valence-corrected chi connectivity index (χ1v) is 6.30. The van der Waals surface area contributed by atoms with E-state index in [2.05, 4.69) is 32.3 Å². The van der Waals surface area contributed by atoms with Gasteiger partial charge >= 0.3 is 0 Å². The van der Waals surface area contributed by atoms with Gasteiger partial charge in [0.1, 0.15) is 0 Å². The highest BCUT2D eigenvalue weighted by atomic mass is 35.6. The lowest BCUT2D eigenvalue weighted by Crippen LogP contribution is -2.32. The predicted octanol–water partition coefficient (Wildman–Crippen LogP) is 1.81. The molecule has 0 aromatic heterocycles. The summed E-state index contributed by atoms with van der Waals surface area (Å²) in [7, 11) is 0.517. The van der Waals surface area contributed by atoms with Gasteiger partial charge in [0, 0.05) is 0 Å². The van der Waals surface area contributed by atoms with Crippen LogP contribution in [0.1, 0.15) is 20.8 Å². The average Bonchev–Trinajstić information content (AvgIpc) is 1.83. The summed E-state index contributed by atoms with van der Waals surface area (Å²) in [5.74, 6) is 0. The van der Waals surface area contributed by atoms with Crippen molar-refractivity contribution in [3.05, 3.63) is 11.8 Å². The monoisotopic (exact) mass is 177 g/mol. The number of rotatable bonds is 2. The third-order valence-electron chi connectivity index (χ3n) is 1.52. The van der Waals surface area contributed by atoms with Crippen LogP contribution in [0.3, 0.4) is 0 Å². The standard InChI is InChI=1S/C7H16ClNSi/c1-6(7(2,3)4)10(8)9-5/h9-10H,1H2,2-5H3. The van der Waals surface area contributed by atoms with Crippen molar-refractivity contribution in [2.45, 2.75) is 20.8 Å². The first-order valence-electron chi connectivity index (χ1n) is 3.40. The first-order chi connectivity index (χ1) is 4.39. The molecule has 60 valence electrons. The number of allylic oxidation sites excluding steroid dienone is 1. The Bertz CT molecular complexity index is 128. The van der Waals surface area contributed by atoms with Crippen molar-refractivity contribution in [1.29, 1.82) is 0 Å². The van der Waals surface area contributed by atoms with Gasteiger partial charge in [0.05, 0.1) is 0 Å². The summed E-state index contributed by atoms with van der Waals surface area (Å²) < 4.78 is 0. The lowest BCUT2D eigenvalue weighted by Gasteiger charge is -2.24. The summed E-state index contributed by atoms with van der Waals surface area (Å²) in [5, 5.41) is 1.16. The Labute approximate surface area is 69.9 Å². The van der Waals surface area contributed by atoms with Crippen LogP contribution in [0.5, 0.6) is 0 Å². The lowest BCUT2D eigenvalue weighted by molar-refractivity contribution is 0.529. The molecular formula is C7H16ClNSi. The first kappa shape index (κ1) is 10.2. The molecule has 1 atom stereocenters. The fourth-order valence-electron chi connectivity index (χ4n) is 0.554. The minimum absolute atomic E-state index is 0.154. The summed E-state index contributed by atoms with van der Waals surface area (Å²) >= 11 is 6.03. The average molecular weight is 178 g/mol. The summed E-state index contributed by atoms with van der Waals surface area (Å²) in [6.45, 7) is 10.4. The van der Waals surface area contributed by atoms with Gasteiger partial charge in [-0.25, -0.2) is 0 Å². The molecule has 0 aromatic rings. The Balaban J connectivity index is 4.09. The van der Waals surface area contributed by atoms with Crippen LogP contribution in [0.2, 0.25) is 0 Å². The highest BCUT2D eigenvalue weighted by Gasteiger charge is 2.21. The van der Waals surface area contributed by atoms with E-state index in [1.807, 2.05) is 7.05 Å². The molecular weight excluding hydrogens is 162 g/mol. The maximum absolute atomic E-state index is 6.03. The van der Waals surface area contributed by atoms with Gasteiger partial charge in [-0.05, 0) is 12.5 Å². The lowest BCUT2D eigenvalue weighted by atomic mass is 9.97. The minimum atomic E-state index is -1.37. The molecule has 1 nitrogen and oxygen atoms in total. The Morgan fingerprint density at radius 2 is 1.90 bits per heavy atom. The minimum Gasteiger partial charge on any atom is -0.327 e. The van der Waals surface area contributed by atoms with Crippen LogP contribution >= 0.6 is 11.1 Å². The zero-order valence-corrected chi connectivity index (χ0v) is 9.07. The van der Waals surface area contributed by atoms with Crippen LogP contribution in [0.4, 0.5) is 0 Å². The largest absolute Gasteiger partial charge is 0.327 e. The summed E-state index contributed by atoms with van der Waals surface area (Å²) in [4.78, 5) is 3.08. The molecule has 0 fully saturated rings. The van der Waals surface area contributed by atoms with Gasteiger partial charge < -0.3 is 4.98 Å². The number of hydrogen-bond donors (Lipinski definition) is 1. The van der Waals surface area contributed by atoms with Gasteiger partial charge in [-0.15, -0.1) is 17.7 Å². The van der Waals surface area contributed by atoms with Crippen molar-refractivity contribution >= 4 is 19.3 Å². The maximum atomic E-state index is 6.03. The molecule has 0 saturated carbocycles. The highest BCUT2D eigenvalue weighted by Crippen LogP contribution is 2.25. The zero-order valence-electron chi connectivity index (χ0n) is 7.16. The van der Waals surface area contributed by atoms with E-state index in [9.17, 15) is 0 Å². The van der Waals surface area contributed by atoms with E-state index in [1.54, 1.807) is 0 Å². The molecule has 0 spiro atoms. The van der Waals surface area contributed by atoms with Crippen LogP contribution in [-0.2, 0) is 0 Å². The van der Waals surface area contributed by atoms with Crippen molar-refractivity contribution in [3.63, 3.8) is 0 Å². The highest BCUT2D eigenvalue weighted by molar-refractivity contribution is 7.09. The van der Waals surface area contributed by atoms with E-state index >= 15 is 0 Å². The zero-order chi connectivity index (χ0) is 8.36. The Hall–Kier alpha value is 0.207. The topological polar surface area (TPSA) is 12.0 Å². The molecule has 0 aliphatic carbocycles. The van der Waals surface area contributed by atoms with Gasteiger partial charge in [0.2, 0.25) is 8.27 Å². The summed E-state index contributed by atoms with van der Waals surface area (Å²) in [6, 6.07) is 0. The predicted molar refractivity (Wildman–Crippen MR) is 50.7 cm³/mol. The Morgan fingerprint density at radius 3 is 2.00 bits per heavy atom. The van der Waals surface area contributed by atoms with Crippen molar-refractivity contribution < 1.29 is 0 Å². The molecule has 0 radical (unpaired) electrons. The van der Waals surface area contributed by atoms with E-state index in [4.69, 9.17) is 11.1 Å². The van der Waals surface area contributed by atoms with E-state index in [1.165, 1.54) is 0 Å². The second kappa shape index (κ2) is 3.56. The third-order valence-corrected chi connectivity index (χ3v) is 4.95. The van der Waals surface area contributed by atoms with Crippen LogP contribution in [0.25, 0.3) is 0 Å². The fourth-order valence-corrected chi connectivity index (χ4v) is 2.65. The van der Waals surface area contributed by atoms with E-state index in [0.29, 0.717) is 0 Å². The molecule has 0 bridgehead atoms. The van der Waals surface area contributed by atoms with Gasteiger partial charge in [-0.3, -0.25) is 0 Å². The van der Waals surface area contributed by atoms with Gasteiger partial charge in [-0.2, -0.15) is 0 Å². The summed E-state index contributed by atoms with van der Waals surface area (Å²) in [5.41, 5.74) is 0.154. The molecule has 0 aromatic carbocycles. The third kappa shape index (κ3) is 2.86. The molecule has 0 aliphatic heterocycles. The molecule has 1 N–H and O–H groups in total. The van der Waals surface area contributed by atoms with Crippen molar-refractivity contribution in [2.24, 2.45) is 5.41 Å². The fraction of sp³-hybridized carbons (Fsp3) is 0.714. The van der Waals surface area contributed by atoms with Gasteiger partial charge in [-0.1, -0.05) is 26.0 Å². The maximum Gasteiger partial charge on any atom is 0.238 e. The Kier molecular flexibility index (Phi) is 3.63. The number of hydrogen-bond acceptors (Lipinski definition) is 1. The molecule has 10 heavy (non-hydrogen) atoms. The second-order valence-corrected chi connectivity index (χ2v) is 6.74. The van der Waals surface area contributed by atoms with Crippen molar-refractivity contribution in [1.82, 2.24) is 4.98 Å². The Morgan fingerprint density at radius 1 is 1.50 bits per heavy atom. The molecule has 0 aliphatic rings. The molecule has 3 heteroatoms. The van der Waals surface area contributed by atoms with Crippen LogP contribution in [0.15, 0.2) is 11.8 Å². The normalized spacial score (nSPS) is 14.9. The van der Waals surface area contributed by atoms with E-state index < -0.39 is 8.27 Å². The van der Waals surface area contributed by atoms with Crippen LogP contribution in [-0.4, -0.2) is 15.3 Å². The van der Waals surface area contributed by atoms with E-state index in [-0.39, 0.29) is 5.41 Å². The quantitative estimate of drug-likeness (QED) is 0.501. The van der Waals surface area contributed by atoms with E-state index in [0.717, 1.165) is 5.20 Å². The molecule has 0 rings (SSSR count). The SMILES string of the molecule is C=C([SiH](Cl)NC)C(C)(C)C. The molecule has 1 unspecified atom stereocenters. The van der Waals surface area contributed by atoms with Crippen LogP contribution < -0.4 is 4.98 Å².